The average molecular weight is 246 g/mol. The lowest BCUT2D eigenvalue weighted by Crippen LogP contribution is -2.17. The van der Waals surface area contributed by atoms with Gasteiger partial charge >= 0.3 is 5.97 Å². The molecule has 0 bridgehead atoms. The van der Waals surface area contributed by atoms with E-state index in [9.17, 15) is 4.79 Å². The molecular formula is C13H14N2O3. The van der Waals surface area contributed by atoms with Gasteiger partial charge in [0.15, 0.2) is 17.8 Å². The minimum atomic E-state index is -0.540. The summed E-state index contributed by atoms with van der Waals surface area (Å²) < 4.78 is 9.80. The van der Waals surface area contributed by atoms with E-state index in [4.69, 9.17) is 10.2 Å². The smallest absolute Gasteiger partial charge is 0.360 e. The summed E-state index contributed by atoms with van der Waals surface area (Å²) in [7, 11) is 1.30. The van der Waals surface area contributed by atoms with Crippen LogP contribution in [0.3, 0.4) is 0 Å². The van der Waals surface area contributed by atoms with Crippen molar-refractivity contribution in [2.45, 2.75) is 12.5 Å². The Kier molecular flexibility index (Phi) is 3.74. The van der Waals surface area contributed by atoms with Gasteiger partial charge in [0.25, 0.3) is 0 Å². The maximum atomic E-state index is 11.5. The van der Waals surface area contributed by atoms with Crippen LogP contribution in [0.1, 0.15) is 27.9 Å². The highest BCUT2D eigenvalue weighted by Gasteiger charge is 2.22. The number of benzene rings is 1. The number of oxazole rings is 1. The summed E-state index contributed by atoms with van der Waals surface area (Å²) in [5.74, 6) is -0.187. The number of hydrogen-bond acceptors (Lipinski definition) is 5. The van der Waals surface area contributed by atoms with Crippen LogP contribution in [0.25, 0.3) is 0 Å². The largest absolute Gasteiger partial charge is 0.464 e. The summed E-state index contributed by atoms with van der Waals surface area (Å²) >= 11 is 0. The van der Waals surface area contributed by atoms with Gasteiger partial charge in [0, 0.05) is 0 Å². The van der Waals surface area contributed by atoms with E-state index in [-0.39, 0.29) is 5.69 Å². The van der Waals surface area contributed by atoms with Gasteiger partial charge in [0.05, 0.1) is 13.2 Å². The van der Waals surface area contributed by atoms with Gasteiger partial charge in [0.1, 0.15) is 0 Å². The summed E-state index contributed by atoms with van der Waals surface area (Å²) in [5, 5.41) is 0. The summed E-state index contributed by atoms with van der Waals surface area (Å²) in [6.07, 6.45) is 1.77. The number of nitrogens with two attached hydrogens (primary N) is 1. The topological polar surface area (TPSA) is 78.3 Å². The second-order valence-corrected chi connectivity index (χ2v) is 3.85. The molecule has 2 N–H and O–H groups in total. The first kappa shape index (κ1) is 12.3. The van der Waals surface area contributed by atoms with Crippen molar-refractivity contribution < 1.29 is 13.9 Å². The molecule has 0 spiro atoms. The molecule has 0 saturated carbocycles. The van der Waals surface area contributed by atoms with E-state index in [0.717, 1.165) is 5.56 Å². The van der Waals surface area contributed by atoms with Gasteiger partial charge in [-0.2, -0.15) is 0 Å². The van der Waals surface area contributed by atoms with Crippen LogP contribution in [0.5, 0.6) is 0 Å². The Morgan fingerprint density at radius 3 is 2.83 bits per heavy atom. The predicted octanol–water partition coefficient (Wildman–Crippen LogP) is 1.70. The zero-order valence-corrected chi connectivity index (χ0v) is 10.00. The number of rotatable bonds is 4. The molecule has 0 radical (unpaired) electrons. The van der Waals surface area contributed by atoms with E-state index in [2.05, 4.69) is 9.72 Å². The summed E-state index contributed by atoms with van der Waals surface area (Å²) in [6, 6.07) is 9.31. The highest BCUT2D eigenvalue weighted by Crippen LogP contribution is 2.19. The lowest BCUT2D eigenvalue weighted by Gasteiger charge is -2.09. The minimum absolute atomic E-state index is 0.140. The number of methoxy groups -OCH3 is 1. The maximum Gasteiger partial charge on any atom is 0.360 e. The molecule has 0 amide bonds. The molecule has 0 fully saturated rings. The Morgan fingerprint density at radius 1 is 1.44 bits per heavy atom. The van der Waals surface area contributed by atoms with Crippen LogP contribution < -0.4 is 5.73 Å². The van der Waals surface area contributed by atoms with Crippen molar-refractivity contribution in [2.24, 2.45) is 5.73 Å². The van der Waals surface area contributed by atoms with E-state index in [0.29, 0.717) is 12.2 Å². The van der Waals surface area contributed by atoms with E-state index < -0.39 is 12.0 Å². The maximum absolute atomic E-state index is 11.5. The fourth-order valence-corrected chi connectivity index (χ4v) is 1.73. The average Bonchev–Trinajstić information content (AvgIpc) is 2.88. The molecule has 0 aliphatic carbocycles. The molecule has 1 atom stereocenters. The van der Waals surface area contributed by atoms with Crippen LogP contribution in [0.2, 0.25) is 0 Å². The monoisotopic (exact) mass is 246 g/mol. The Morgan fingerprint density at radius 2 is 2.17 bits per heavy atom. The highest BCUT2D eigenvalue weighted by molar-refractivity contribution is 5.88. The molecule has 18 heavy (non-hydrogen) atoms. The van der Waals surface area contributed by atoms with Gasteiger partial charge in [-0.1, -0.05) is 30.3 Å². The molecule has 0 saturated heterocycles. The molecule has 1 aromatic heterocycles. The Labute approximate surface area is 105 Å². The summed E-state index contributed by atoms with van der Waals surface area (Å²) in [6.45, 7) is 0. The van der Waals surface area contributed by atoms with E-state index in [1.54, 1.807) is 0 Å². The van der Waals surface area contributed by atoms with Crippen LogP contribution in [-0.2, 0) is 11.2 Å². The number of hydrogen-bond donors (Lipinski definition) is 1. The van der Waals surface area contributed by atoms with Gasteiger partial charge in [0.2, 0.25) is 0 Å². The third-order valence-electron chi connectivity index (χ3n) is 2.61. The Bertz CT molecular complexity index is 522. The summed E-state index contributed by atoms with van der Waals surface area (Å²) in [5.41, 5.74) is 7.23. The van der Waals surface area contributed by atoms with Gasteiger partial charge in [-0.15, -0.1) is 0 Å². The number of ether oxygens (including phenoxy) is 1. The molecule has 94 valence electrons. The molecule has 0 aliphatic rings. The van der Waals surface area contributed by atoms with E-state index in [1.807, 2.05) is 30.3 Å². The van der Waals surface area contributed by atoms with Crippen LogP contribution in [0.4, 0.5) is 0 Å². The lowest BCUT2D eigenvalue weighted by molar-refractivity contribution is 0.0591. The molecule has 1 unspecified atom stereocenters. The molecule has 5 nitrogen and oxygen atoms in total. The molecule has 1 aromatic carbocycles. The van der Waals surface area contributed by atoms with Crippen LogP contribution in [0.15, 0.2) is 41.1 Å². The third-order valence-corrected chi connectivity index (χ3v) is 2.61. The fraction of sp³-hybridized carbons (Fsp3) is 0.231. The van der Waals surface area contributed by atoms with Gasteiger partial charge < -0.3 is 14.9 Å². The number of esters is 1. The Hall–Kier alpha value is -2.14. The van der Waals surface area contributed by atoms with Crippen LogP contribution in [0, 0.1) is 0 Å². The van der Waals surface area contributed by atoms with E-state index >= 15 is 0 Å². The molecule has 1 heterocycles. The van der Waals surface area contributed by atoms with E-state index in [1.165, 1.54) is 13.5 Å². The van der Waals surface area contributed by atoms with Crippen LogP contribution >= 0.6 is 0 Å². The van der Waals surface area contributed by atoms with Gasteiger partial charge in [-0.3, -0.25) is 0 Å². The first-order valence-corrected chi connectivity index (χ1v) is 5.53. The van der Waals surface area contributed by atoms with Crippen molar-refractivity contribution in [3.63, 3.8) is 0 Å². The number of aromatic nitrogens is 1. The van der Waals surface area contributed by atoms with Gasteiger partial charge in [-0.05, 0) is 12.0 Å². The molecular weight excluding hydrogens is 232 g/mol. The summed E-state index contributed by atoms with van der Waals surface area (Å²) in [4.78, 5) is 15.3. The van der Waals surface area contributed by atoms with Crippen molar-refractivity contribution in [3.05, 3.63) is 53.7 Å². The first-order chi connectivity index (χ1) is 8.72. The fourth-order valence-electron chi connectivity index (χ4n) is 1.73. The zero-order chi connectivity index (χ0) is 13.0. The normalized spacial score (nSPS) is 12.1. The molecule has 2 aromatic rings. The van der Waals surface area contributed by atoms with Gasteiger partial charge in [-0.25, -0.2) is 9.78 Å². The highest BCUT2D eigenvalue weighted by atomic mass is 16.5. The number of carbonyl (C=O) groups excluding carboxylic acids is 1. The van der Waals surface area contributed by atoms with Crippen molar-refractivity contribution >= 4 is 5.97 Å². The van der Waals surface area contributed by atoms with Crippen molar-refractivity contribution in [1.82, 2.24) is 4.98 Å². The zero-order valence-electron chi connectivity index (χ0n) is 10.00. The third kappa shape index (κ3) is 2.57. The van der Waals surface area contributed by atoms with Crippen molar-refractivity contribution in [2.75, 3.05) is 7.11 Å². The van der Waals surface area contributed by atoms with Crippen molar-refractivity contribution in [1.29, 1.82) is 0 Å². The number of nitrogens with zero attached hydrogens (tertiary/aromatic N) is 1. The molecule has 5 heteroatoms. The second-order valence-electron chi connectivity index (χ2n) is 3.85. The quantitative estimate of drug-likeness (QED) is 0.831. The SMILES string of the molecule is COC(=O)c1ncoc1C(N)Cc1ccccc1. The van der Waals surface area contributed by atoms with Crippen molar-refractivity contribution in [3.8, 4) is 0 Å². The predicted molar refractivity (Wildman–Crippen MR) is 64.9 cm³/mol. The Balaban J connectivity index is 2.17. The number of carbonyl (C=O) groups is 1. The first-order valence-electron chi connectivity index (χ1n) is 5.53. The second kappa shape index (κ2) is 5.46. The standard InChI is InChI=1S/C13H14N2O3/c1-17-13(16)11-12(18-8-15-11)10(14)7-9-5-3-2-4-6-9/h2-6,8,10H,7,14H2,1H3. The molecule has 0 aliphatic heterocycles. The minimum Gasteiger partial charge on any atom is -0.464 e. The van der Waals surface area contributed by atoms with Crippen LogP contribution in [-0.4, -0.2) is 18.1 Å². The molecule has 2 rings (SSSR count). The lowest BCUT2D eigenvalue weighted by atomic mass is 10.0.